The molecule has 0 saturated heterocycles. The molecule has 0 N–H and O–H groups in total. The highest BCUT2D eigenvalue weighted by Crippen LogP contribution is 2.27. The van der Waals surface area contributed by atoms with Crippen molar-refractivity contribution in [3.8, 4) is 0 Å². The van der Waals surface area contributed by atoms with E-state index in [9.17, 15) is 4.79 Å². The molecule has 0 spiro atoms. The first kappa shape index (κ1) is 14.0. The van der Waals surface area contributed by atoms with Gasteiger partial charge < -0.3 is 9.47 Å². The summed E-state index contributed by atoms with van der Waals surface area (Å²) >= 11 is 0. The van der Waals surface area contributed by atoms with E-state index in [1.807, 2.05) is 58.9 Å². The van der Waals surface area contributed by atoms with E-state index in [4.69, 9.17) is 0 Å². The molecule has 2 aromatic carbocycles. The number of imidazole rings is 1. The zero-order chi connectivity index (χ0) is 15.8. The van der Waals surface area contributed by atoms with Gasteiger partial charge in [-0.25, -0.2) is 4.98 Å². The van der Waals surface area contributed by atoms with Crippen LogP contribution in [-0.4, -0.2) is 22.0 Å². The van der Waals surface area contributed by atoms with Crippen LogP contribution >= 0.6 is 0 Å². The molecule has 0 bridgehead atoms. The largest absolute Gasteiger partial charge is 0.319 e. The van der Waals surface area contributed by atoms with Gasteiger partial charge in [-0.3, -0.25) is 4.79 Å². The smallest absolute Gasteiger partial charge is 0.246 e. The minimum absolute atomic E-state index is 0.128. The Labute approximate surface area is 135 Å². The number of aromatic nitrogens is 2. The average molecular weight is 305 g/mol. The Kier molecular flexibility index (Phi) is 3.37. The van der Waals surface area contributed by atoms with E-state index in [1.165, 1.54) is 5.56 Å². The zero-order valence-electron chi connectivity index (χ0n) is 13.2. The normalized spacial score (nSPS) is 14.0. The number of carbonyl (C=O) groups is 1. The molecule has 4 heteroatoms. The van der Waals surface area contributed by atoms with Crippen molar-refractivity contribution in [3.63, 3.8) is 0 Å². The van der Waals surface area contributed by atoms with Crippen molar-refractivity contribution in [2.45, 2.75) is 26.3 Å². The summed E-state index contributed by atoms with van der Waals surface area (Å²) in [5, 5.41) is 0. The predicted molar refractivity (Wildman–Crippen MR) is 91.6 cm³/mol. The first-order valence-corrected chi connectivity index (χ1v) is 8.04. The van der Waals surface area contributed by atoms with E-state index in [2.05, 4.69) is 11.1 Å². The number of nitrogens with zero attached hydrogens (tertiary/aromatic N) is 3. The van der Waals surface area contributed by atoms with Gasteiger partial charge in [-0.05, 0) is 43.5 Å². The highest BCUT2D eigenvalue weighted by molar-refractivity contribution is 5.95. The van der Waals surface area contributed by atoms with E-state index in [0.29, 0.717) is 6.54 Å². The first-order chi connectivity index (χ1) is 11.2. The van der Waals surface area contributed by atoms with Gasteiger partial charge in [0, 0.05) is 12.2 Å². The highest BCUT2D eigenvalue weighted by Gasteiger charge is 2.23. The summed E-state index contributed by atoms with van der Waals surface area (Å²) in [6, 6.07) is 16.2. The van der Waals surface area contributed by atoms with Gasteiger partial charge in [-0.2, -0.15) is 0 Å². The molecule has 0 aliphatic carbocycles. The van der Waals surface area contributed by atoms with E-state index in [1.54, 1.807) is 0 Å². The summed E-state index contributed by atoms with van der Waals surface area (Å²) in [6.07, 6.45) is 2.07. The Bertz CT molecular complexity index is 881. The molecule has 116 valence electrons. The van der Waals surface area contributed by atoms with Crippen molar-refractivity contribution in [1.29, 1.82) is 0 Å². The molecule has 2 heterocycles. The number of para-hydroxylation sites is 3. The highest BCUT2D eigenvalue weighted by atomic mass is 16.2. The number of aryl methyl sites for hydroxylation is 2. The molecular weight excluding hydrogens is 286 g/mol. The molecule has 0 radical (unpaired) electrons. The van der Waals surface area contributed by atoms with Crippen molar-refractivity contribution >= 4 is 22.6 Å². The number of carbonyl (C=O) groups excluding carboxylic acids is 1. The van der Waals surface area contributed by atoms with E-state index in [0.717, 1.165) is 41.9 Å². The van der Waals surface area contributed by atoms with Crippen LogP contribution in [0.5, 0.6) is 0 Å². The Morgan fingerprint density at radius 2 is 1.91 bits per heavy atom. The maximum absolute atomic E-state index is 12.9. The molecule has 0 unspecified atom stereocenters. The Morgan fingerprint density at radius 1 is 1.13 bits per heavy atom. The number of hydrogen-bond donors (Lipinski definition) is 0. The second-order valence-corrected chi connectivity index (χ2v) is 6.01. The van der Waals surface area contributed by atoms with Crippen LogP contribution in [0.1, 0.15) is 17.8 Å². The summed E-state index contributed by atoms with van der Waals surface area (Å²) in [6.45, 7) is 3.08. The van der Waals surface area contributed by atoms with Crippen LogP contribution in [0, 0.1) is 6.92 Å². The lowest BCUT2D eigenvalue weighted by molar-refractivity contribution is -0.119. The number of hydrogen-bond acceptors (Lipinski definition) is 2. The molecule has 4 nitrogen and oxygen atoms in total. The number of benzene rings is 2. The topological polar surface area (TPSA) is 38.1 Å². The summed E-state index contributed by atoms with van der Waals surface area (Å²) in [4.78, 5) is 19.4. The lowest BCUT2D eigenvalue weighted by Gasteiger charge is -2.29. The van der Waals surface area contributed by atoms with Crippen LogP contribution in [0.25, 0.3) is 11.0 Å². The van der Waals surface area contributed by atoms with E-state index >= 15 is 0 Å². The molecule has 23 heavy (non-hydrogen) atoms. The molecule has 1 amide bonds. The average Bonchev–Trinajstić information content (AvgIpc) is 2.90. The minimum Gasteiger partial charge on any atom is -0.319 e. The van der Waals surface area contributed by atoms with Crippen molar-refractivity contribution in [1.82, 2.24) is 9.55 Å². The zero-order valence-corrected chi connectivity index (χ0v) is 13.2. The third kappa shape index (κ3) is 2.40. The maximum atomic E-state index is 12.9. The van der Waals surface area contributed by atoms with Gasteiger partial charge >= 0.3 is 0 Å². The second kappa shape index (κ2) is 5.54. The van der Waals surface area contributed by atoms with Crippen LogP contribution in [0.3, 0.4) is 0 Å². The molecule has 1 aromatic heterocycles. The summed E-state index contributed by atoms with van der Waals surface area (Å²) in [5.74, 6) is 1.01. The fraction of sp³-hybridized carbons (Fsp3) is 0.263. The molecule has 1 aliphatic rings. The molecule has 4 rings (SSSR count). The van der Waals surface area contributed by atoms with Gasteiger partial charge in [0.15, 0.2) is 0 Å². The first-order valence-electron chi connectivity index (χ1n) is 8.04. The van der Waals surface area contributed by atoms with E-state index < -0.39 is 0 Å². The fourth-order valence-corrected chi connectivity index (χ4v) is 3.41. The Hall–Kier alpha value is -2.62. The molecule has 3 aromatic rings. The van der Waals surface area contributed by atoms with Crippen molar-refractivity contribution in [3.05, 3.63) is 59.9 Å². The summed E-state index contributed by atoms with van der Waals surface area (Å²) in [5.41, 5.74) is 4.28. The van der Waals surface area contributed by atoms with Gasteiger partial charge in [0.2, 0.25) is 5.91 Å². The molecule has 0 atom stereocenters. The number of fused-ring (bicyclic) bond motifs is 2. The molecule has 0 fully saturated rings. The lowest BCUT2D eigenvalue weighted by Crippen LogP contribution is -2.37. The number of anilines is 1. The van der Waals surface area contributed by atoms with Crippen LogP contribution in [0.4, 0.5) is 5.69 Å². The predicted octanol–water partition coefficient (Wildman–Crippen LogP) is 3.32. The van der Waals surface area contributed by atoms with Gasteiger partial charge in [0.1, 0.15) is 12.4 Å². The van der Waals surface area contributed by atoms with Crippen LogP contribution in [0.15, 0.2) is 48.5 Å². The number of amides is 1. The monoisotopic (exact) mass is 305 g/mol. The minimum atomic E-state index is 0.128. The number of rotatable bonds is 2. The third-order valence-corrected chi connectivity index (χ3v) is 4.55. The van der Waals surface area contributed by atoms with E-state index in [-0.39, 0.29) is 5.91 Å². The van der Waals surface area contributed by atoms with Crippen LogP contribution in [0.2, 0.25) is 0 Å². The lowest BCUT2D eigenvalue weighted by atomic mass is 10.0. The summed E-state index contributed by atoms with van der Waals surface area (Å²) < 4.78 is 2.01. The molecular formula is C19H19N3O. The Balaban J connectivity index is 1.67. The third-order valence-electron chi connectivity index (χ3n) is 4.55. The maximum Gasteiger partial charge on any atom is 0.246 e. The SMILES string of the molecule is Cc1nc2ccccc2n1CC(=O)N1CCCc2ccccc21. The van der Waals surface area contributed by atoms with Gasteiger partial charge in [-0.15, -0.1) is 0 Å². The van der Waals surface area contributed by atoms with Gasteiger partial charge in [0.25, 0.3) is 0 Å². The van der Waals surface area contributed by atoms with Gasteiger partial charge in [0.05, 0.1) is 11.0 Å². The quantitative estimate of drug-likeness (QED) is 0.728. The standard InChI is InChI=1S/C19H19N3O/c1-14-20-16-9-3-5-11-18(16)22(14)13-19(23)21-12-6-8-15-7-2-4-10-17(15)21/h2-5,7,9-11H,6,8,12-13H2,1H3. The second-order valence-electron chi connectivity index (χ2n) is 6.01. The van der Waals surface area contributed by atoms with Crippen LogP contribution in [-0.2, 0) is 17.8 Å². The van der Waals surface area contributed by atoms with Crippen molar-refractivity contribution in [2.24, 2.45) is 0 Å². The molecule has 1 aliphatic heterocycles. The summed E-state index contributed by atoms with van der Waals surface area (Å²) in [7, 11) is 0. The van der Waals surface area contributed by atoms with Crippen LogP contribution < -0.4 is 4.90 Å². The fourth-order valence-electron chi connectivity index (χ4n) is 3.41. The van der Waals surface area contributed by atoms with Crippen molar-refractivity contribution in [2.75, 3.05) is 11.4 Å². The van der Waals surface area contributed by atoms with Gasteiger partial charge in [-0.1, -0.05) is 30.3 Å². The van der Waals surface area contributed by atoms with Crippen molar-refractivity contribution < 1.29 is 4.79 Å². The molecule has 0 saturated carbocycles. The Morgan fingerprint density at radius 3 is 2.83 bits per heavy atom.